The van der Waals surface area contributed by atoms with Crippen molar-refractivity contribution in [1.82, 2.24) is 14.8 Å². The number of hydrogen-bond acceptors (Lipinski definition) is 6. The van der Waals surface area contributed by atoms with Gasteiger partial charge < -0.3 is 15.0 Å². The lowest BCUT2D eigenvalue weighted by molar-refractivity contribution is -0.385. The second-order valence-corrected chi connectivity index (χ2v) is 4.55. The van der Waals surface area contributed by atoms with Crippen LogP contribution < -0.4 is 5.73 Å². The van der Waals surface area contributed by atoms with Crippen molar-refractivity contribution < 1.29 is 9.66 Å². The molecule has 0 amide bonds. The molecule has 21 heavy (non-hydrogen) atoms. The van der Waals surface area contributed by atoms with E-state index in [1.165, 1.54) is 6.07 Å². The van der Waals surface area contributed by atoms with Crippen molar-refractivity contribution in [2.75, 3.05) is 13.7 Å². The van der Waals surface area contributed by atoms with Gasteiger partial charge in [0.15, 0.2) is 5.82 Å². The number of hydrogen-bond donors (Lipinski definition) is 1. The summed E-state index contributed by atoms with van der Waals surface area (Å²) < 4.78 is 6.94. The van der Waals surface area contributed by atoms with Crippen LogP contribution in [-0.2, 0) is 17.8 Å². The number of ether oxygens (including phenoxy) is 1. The summed E-state index contributed by atoms with van der Waals surface area (Å²) in [7, 11) is 1.61. The van der Waals surface area contributed by atoms with E-state index in [9.17, 15) is 10.1 Å². The maximum absolute atomic E-state index is 10.9. The van der Waals surface area contributed by atoms with Crippen LogP contribution in [0.3, 0.4) is 0 Å². The van der Waals surface area contributed by atoms with Crippen LogP contribution in [0.15, 0.2) is 18.2 Å². The third-order valence-electron chi connectivity index (χ3n) is 3.18. The largest absolute Gasteiger partial charge is 0.383 e. The molecule has 0 spiro atoms. The highest BCUT2D eigenvalue weighted by Gasteiger charge is 2.16. The van der Waals surface area contributed by atoms with Gasteiger partial charge in [0.2, 0.25) is 0 Å². The van der Waals surface area contributed by atoms with Gasteiger partial charge in [-0.3, -0.25) is 10.1 Å². The smallest absolute Gasteiger partial charge is 0.272 e. The quantitative estimate of drug-likeness (QED) is 0.634. The molecule has 0 saturated heterocycles. The second-order valence-electron chi connectivity index (χ2n) is 4.55. The number of methoxy groups -OCH3 is 1. The number of rotatable bonds is 6. The summed E-state index contributed by atoms with van der Waals surface area (Å²) in [5, 5.41) is 19.1. The molecular weight excluding hydrogens is 274 g/mol. The van der Waals surface area contributed by atoms with Crippen molar-refractivity contribution in [2.24, 2.45) is 5.73 Å². The van der Waals surface area contributed by atoms with Gasteiger partial charge in [0.1, 0.15) is 5.82 Å². The molecule has 0 aliphatic heterocycles. The van der Waals surface area contributed by atoms with Crippen LogP contribution in [0.5, 0.6) is 0 Å². The number of nitro groups is 1. The molecule has 1 aromatic carbocycles. The van der Waals surface area contributed by atoms with Crippen LogP contribution in [0.2, 0.25) is 0 Å². The Morgan fingerprint density at radius 1 is 1.43 bits per heavy atom. The number of aryl methyl sites for hydroxylation is 1. The number of nitrogens with two attached hydrogens (primary N) is 1. The Balaban J connectivity index is 2.44. The fraction of sp³-hybridized carbons (Fsp3) is 0.385. The predicted octanol–water partition coefficient (Wildman–Crippen LogP) is 1.27. The summed E-state index contributed by atoms with van der Waals surface area (Å²) in [6, 6.07) is 4.87. The summed E-state index contributed by atoms with van der Waals surface area (Å²) >= 11 is 0. The number of aromatic nitrogens is 3. The fourth-order valence-electron chi connectivity index (χ4n) is 2.12. The Morgan fingerprint density at radius 3 is 2.76 bits per heavy atom. The highest BCUT2D eigenvalue weighted by molar-refractivity contribution is 5.60. The van der Waals surface area contributed by atoms with Crippen molar-refractivity contribution in [3.63, 3.8) is 0 Å². The monoisotopic (exact) mass is 291 g/mol. The zero-order valence-corrected chi connectivity index (χ0v) is 11.9. The maximum atomic E-state index is 10.9. The lowest BCUT2D eigenvalue weighted by Crippen LogP contribution is -2.12. The molecule has 0 fully saturated rings. The molecule has 0 bridgehead atoms. The Bertz CT molecular complexity index is 653. The van der Waals surface area contributed by atoms with Gasteiger partial charge in [-0.15, -0.1) is 10.2 Å². The lowest BCUT2D eigenvalue weighted by atomic mass is 10.1. The molecule has 2 N–H and O–H groups in total. The molecular formula is C13H17N5O3. The van der Waals surface area contributed by atoms with Gasteiger partial charge in [-0.25, -0.2) is 0 Å². The Labute approximate surface area is 121 Å². The van der Waals surface area contributed by atoms with Gasteiger partial charge in [-0.05, 0) is 19.1 Å². The second kappa shape index (κ2) is 6.42. The normalized spacial score (nSPS) is 10.8. The summed E-state index contributed by atoms with van der Waals surface area (Å²) in [5.41, 5.74) is 7.08. The van der Waals surface area contributed by atoms with Crippen LogP contribution in [0.1, 0.15) is 11.4 Å². The zero-order valence-electron chi connectivity index (χ0n) is 11.9. The van der Waals surface area contributed by atoms with Crippen LogP contribution in [0, 0.1) is 17.0 Å². The van der Waals surface area contributed by atoms with Crippen molar-refractivity contribution in [2.45, 2.75) is 20.0 Å². The van der Waals surface area contributed by atoms with Gasteiger partial charge in [0.25, 0.3) is 5.69 Å². The minimum Gasteiger partial charge on any atom is -0.383 e. The average Bonchev–Trinajstić information content (AvgIpc) is 2.87. The first kappa shape index (κ1) is 15.1. The first-order chi connectivity index (χ1) is 10.1. The van der Waals surface area contributed by atoms with E-state index in [1.54, 1.807) is 26.2 Å². The number of nitrogens with zero attached hydrogens (tertiary/aromatic N) is 4. The van der Waals surface area contributed by atoms with Gasteiger partial charge >= 0.3 is 0 Å². The molecule has 2 aromatic rings. The summed E-state index contributed by atoms with van der Waals surface area (Å²) in [6.07, 6.45) is 0. The zero-order chi connectivity index (χ0) is 15.4. The van der Waals surface area contributed by atoms with E-state index in [0.717, 1.165) is 5.56 Å². The van der Waals surface area contributed by atoms with Crippen LogP contribution in [0.25, 0.3) is 11.4 Å². The van der Waals surface area contributed by atoms with Gasteiger partial charge in [-0.2, -0.15) is 0 Å². The molecule has 0 aliphatic carbocycles. The van der Waals surface area contributed by atoms with Crippen LogP contribution >= 0.6 is 0 Å². The molecule has 112 valence electrons. The van der Waals surface area contributed by atoms with Crippen molar-refractivity contribution in [3.8, 4) is 11.4 Å². The van der Waals surface area contributed by atoms with Crippen LogP contribution in [0.4, 0.5) is 5.69 Å². The molecule has 1 heterocycles. The first-order valence-corrected chi connectivity index (χ1v) is 6.45. The summed E-state index contributed by atoms with van der Waals surface area (Å²) in [6.45, 7) is 3.04. The van der Waals surface area contributed by atoms with E-state index >= 15 is 0 Å². The fourth-order valence-corrected chi connectivity index (χ4v) is 2.12. The number of benzene rings is 1. The van der Waals surface area contributed by atoms with E-state index in [1.807, 2.05) is 4.57 Å². The third kappa shape index (κ3) is 3.06. The van der Waals surface area contributed by atoms with Crippen molar-refractivity contribution in [1.29, 1.82) is 0 Å². The molecule has 0 aliphatic rings. The minimum atomic E-state index is -0.403. The SMILES string of the molecule is COCCn1c(CN)nnc1-c1ccc([N+](=O)[O-])c(C)c1. The predicted molar refractivity (Wildman–Crippen MR) is 76.6 cm³/mol. The molecule has 8 nitrogen and oxygen atoms in total. The van der Waals surface area contributed by atoms with E-state index in [-0.39, 0.29) is 12.2 Å². The van der Waals surface area contributed by atoms with Gasteiger partial charge in [-0.1, -0.05) is 0 Å². The Hall–Kier alpha value is -2.32. The maximum Gasteiger partial charge on any atom is 0.272 e. The average molecular weight is 291 g/mol. The first-order valence-electron chi connectivity index (χ1n) is 6.45. The van der Waals surface area contributed by atoms with E-state index < -0.39 is 4.92 Å². The molecule has 0 saturated carbocycles. The summed E-state index contributed by atoms with van der Waals surface area (Å²) in [4.78, 5) is 10.5. The Kier molecular flexibility index (Phi) is 4.61. The van der Waals surface area contributed by atoms with Gasteiger partial charge in [0, 0.05) is 30.8 Å². The minimum absolute atomic E-state index is 0.0840. The van der Waals surface area contributed by atoms with Crippen molar-refractivity contribution >= 4 is 5.69 Å². The molecule has 0 radical (unpaired) electrons. The van der Waals surface area contributed by atoms with E-state index in [2.05, 4.69) is 10.2 Å². The molecule has 2 rings (SSSR count). The van der Waals surface area contributed by atoms with Gasteiger partial charge in [0.05, 0.1) is 18.1 Å². The molecule has 0 unspecified atom stereocenters. The standard InChI is InChI=1S/C13H17N5O3/c1-9-7-10(3-4-11(9)18(19)20)13-16-15-12(8-14)17(13)5-6-21-2/h3-4,7H,5-6,8,14H2,1-2H3. The topological polar surface area (TPSA) is 109 Å². The molecule has 0 atom stereocenters. The third-order valence-corrected chi connectivity index (χ3v) is 3.18. The van der Waals surface area contributed by atoms with Crippen molar-refractivity contribution in [3.05, 3.63) is 39.7 Å². The van der Waals surface area contributed by atoms with E-state index in [0.29, 0.717) is 30.4 Å². The summed E-state index contributed by atoms with van der Waals surface area (Å²) in [5.74, 6) is 1.28. The highest BCUT2D eigenvalue weighted by Crippen LogP contribution is 2.25. The molecule has 1 aromatic heterocycles. The van der Waals surface area contributed by atoms with E-state index in [4.69, 9.17) is 10.5 Å². The highest BCUT2D eigenvalue weighted by atomic mass is 16.6. The number of nitro benzene ring substituents is 1. The Morgan fingerprint density at radius 2 is 2.19 bits per heavy atom. The lowest BCUT2D eigenvalue weighted by Gasteiger charge is -2.09. The molecule has 8 heteroatoms. The van der Waals surface area contributed by atoms with Crippen LogP contribution in [-0.4, -0.2) is 33.4 Å².